The molecule has 2 heterocycles. The van der Waals surface area contributed by atoms with Crippen molar-refractivity contribution in [2.24, 2.45) is 10.4 Å². The van der Waals surface area contributed by atoms with Gasteiger partial charge in [0.25, 0.3) is 0 Å². The van der Waals surface area contributed by atoms with E-state index >= 15 is 0 Å². The molecule has 1 saturated heterocycles. The maximum absolute atomic E-state index is 12.9. The SMILES string of the molecule is CCC1(CC)C(=O)NC2=NCN(c3cccc(Cl)c3)CN2C1=O. The van der Waals surface area contributed by atoms with E-state index in [1.807, 2.05) is 36.9 Å². The molecule has 7 heteroatoms. The molecular formula is C16H19ClN4O2. The molecule has 3 rings (SSSR count). The summed E-state index contributed by atoms with van der Waals surface area (Å²) in [5, 5.41) is 3.42. The van der Waals surface area contributed by atoms with Crippen LogP contribution in [0.15, 0.2) is 29.3 Å². The average molecular weight is 335 g/mol. The van der Waals surface area contributed by atoms with Crippen LogP contribution in [-0.4, -0.2) is 36.0 Å². The number of amides is 2. The molecular weight excluding hydrogens is 316 g/mol. The minimum absolute atomic E-state index is 0.184. The third-order valence-electron chi connectivity index (χ3n) is 4.65. The molecule has 0 aromatic heterocycles. The fraction of sp³-hybridized carbons (Fsp3) is 0.438. The number of nitrogens with one attached hydrogen (secondary N) is 1. The quantitative estimate of drug-likeness (QED) is 0.862. The summed E-state index contributed by atoms with van der Waals surface area (Å²) in [4.78, 5) is 33.1. The lowest BCUT2D eigenvalue weighted by molar-refractivity contribution is -0.151. The van der Waals surface area contributed by atoms with Crippen LogP contribution >= 0.6 is 11.6 Å². The van der Waals surface area contributed by atoms with Crippen molar-refractivity contribution in [3.63, 3.8) is 0 Å². The Kier molecular flexibility index (Phi) is 4.02. The van der Waals surface area contributed by atoms with Crippen molar-refractivity contribution >= 4 is 35.1 Å². The van der Waals surface area contributed by atoms with E-state index in [0.29, 0.717) is 37.2 Å². The van der Waals surface area contributed by atoms with E-state index < -0.39 is 5.41 Å². The Morgan fingerprint density at radius 3 is 2.70 bits per heavy atom. The van der Waals surface area contributed by atoms with Crippen molar-refractivity contribution in [1.82, 2.24) is 10.2 Å². The van der Waals surface area contributed by atoms with Gasteiger partial charge in [-0.1, -0.05) is 31.5 Å². The van der Waals surface area contributed by atoms with Gasteiger partial charge in [-0.25, -0.2) is 4.99 Å². The van der Waals surface area contributed by atoms with Crippen LogP contribution in [0.4, 0.5) is 5.69 Å². The van der Waals surface area contributed by atoms with Gasteiger partial charge in [0.1, 0.15) is 18.8 Å². The molecule has 6 nitrogen and oxygen atoms in total. The minimum atomic E-state index is -1.00. The summed E-state index contributed by atoms with van der Waals surface area (Å²) < 4.78 is 0. The Balaban J connectivity index is 1.92. The number of benzene rings is 1. The van der Waals surface area contributed by atoms with Crippen molar-refractivity contribution in [3.8, 4) is 0 Å². The van der Waals surface area contributed by atoms with E-state index in [9.17, 15) is 9.59 Å². The van der Waals surface area contributed by atoms with Gasteiger partial charge in [-0.3, -0.25) is 19.8 Å². The summed E-state index contributed by atoms with van der Waals surface area (Å²) in [6.45, 7) is 4.44. The summed E-state index contributed by atoms with van der Waals surface area (Å²) in [6.07, 6.45) is 0.935. The molecule has 0 radical (unpaired) electrons. The zero-order valence-electron chi connectivity index (χ0n) is 13.2. The van der Waals surface area contributed by atoms with Crippen molar-refractivity contribution in [1.29, 1.82) is 0 Å². The number of rotatable bonds is 3. The standard InChI is InChI=1S/C16H19ClN4O2/c1-3-16(4-2)13(22)19-15-18-9-20(10-21(15)14(16)23)12-7-5-6-11(17)8-12/h5-8H,3-4,9-10H2,1-2H3,(H,18,19,22). The molecule has 0 aliphatic carbocycles. The highest BCUT2D eigenvalue weighted by Crippen LogP contribution is 2.33. The van der Waals surface area contributed by atoms with Crippen LogP contribution in [0.2, 0.25) is 5.02 Å². The van der Waals surface area contributed by atoms with Crippen LogP contribution < -0.4 is 10.2 Å². The lowest BCUT2D eigenvalue weighted by atomic mass is 9.78. The van der Waals surface area contributed by atoms with Crippen LogP contribution in [0.5, 0.6) is 0 Å². The Labute approximate surface area is 140 Å². The molecule has 23 heavy (non-hydrogen) atoms. The van der Waals surface area contributed by atoms with Crippen LogP contribution in [-0.2, 0) is 9.59 Å². The second-order valence-corrected chi connectivity index (χ2v) is 6.20. The number of halogens is 1. The summed E-state index contributed by atoms with van der Waals surface area (Å²) in [5.74, 6) is -0.0914. The van der Waals surface area contributed by atoms with Gasteiger partial charge in [0.2, 0.25) is 17.8 Å². The molecule has 1 fully saturated rings. The Hall–Kier alpha value is -2.08. The lowest BCUT2D eigenvalue weighted by Gasteiger charge is -2.44. The summed E-state index contributed by atoms with van der Waals surface area (Å²) in [7, 11) is 0. The first kappa shape index (κ1) is 15.8. The fourth-order valence-electron chi connectivity index (χ4n) is 3.07. The second kappa shape index (κ2) is 5.85. The van der Waals surface area contributed by atoms with E-state index in [-0.39, 0.29) is 11.8 Å². The number of fused-ring (bicyclic) bond motifs is 1. The second-order valence-electron chi connectivity index (χ2n) is 5.76. The molecule has 1 aromatic carbocycles. The number of aliphatic imine (C=N–C) groups is 1. The third kappa shape index (κ3) is 2.47. The molecule has 0 unspecified atom stereocenters. The van der Waals surface area contributed by atoms with Gasteiger partial charge in [0.05, 0.1) is 0 Å². The topological polar surface area (TPSA) is 65.0 Å². The monoisotopic (exact) mass is 334 g/mol. The average Bonchev–Trinajstić information content (AvgIpc) is 2.56. The first-order valence-electron chi connectivity index (χ1n) is 7.70. The van der Waals surface area contributed by atoms with Gasteiger partial charge in [0, 0.05) is 10.7 Å². The van der Waals surface area contributed by atoms with Crippen LogP contribution in [0.25, 0.3) is 0 Å². The number of anilines is 1. The smallest absolute Gasteiger partial charge is 0.246 e. The van der Waals surface area contributed by atoms with Crippen LogP contribution in [0.3, 0.4) is 0 Å². The number of hydrogen-bond donors (Lipinski definition) is 1. The van der Waals surface area contributed by atoms with Crippen molar-refractivity contribution in [2.45, 2.75) is 26.7 Å². The van der Waals surface area contributed by atoms with Crippen molar-refractivity contribution < 1.29 is 9.59 Å². The Morgan fingerprint density at radius 1 is 1.30 bits per heavy atom. The molecule has 122 valence electrons. The van der Waals surface area contributed by atoms with Gasteiger partial charge < -0.3 is 4.90 Å². The van der Waals surface area contributed by atoms with E-state index in [0.717, 1.165) is 5.69 Å². The summed E-state index contributed by atoms with van der Waals surface area (Å²) in [6, 6.07) is 7.42. The molecule has 0 saturated carbocycles. The molecule has 1 aromatic rings. The normalized spacial score (nSPS) is 20.0. The Morgan fingerprint density at radius 2 is 2.04 bits per heavy atom. The fourth-order valence-corrected chi connectivity index (χ4v) is 3.26. The predicted molar refractivity (Wildman–Crippen MR) is 89.1 cm³/mol. The third-order valence-corrected chi connectivity index (χ3v) is 4.89. The van der Waals surface area contributed by atoms with E-state index in [4.69, 9.17) is 11.6 Å². The Bertz CT molecular complexity index is 684. The molecule has 0 bridgehead atoms. The molecule has 0 atom stereocenters. The number of nitrogens with zero attached hydrogens (tertiary/aromatic N) is 3. The van der Waals surface area contributed by atoms with Crippen molar-refractivity contribution in [3.05, 3.63) is 29.3 Å². The molecule has 0 spiro atoms. The highest BCUT2D eigenvalue weighted by Gasteiger charge is 2.51. The maximum Gasteiger partial charge on any atom is 0.246 e. The number of hydrogen-bond acceptors (Lipinski definition) is 4. The number of carbonyl (C=O) groups excluding carboxylic acids is 2. The highest BCUT2D eigenvalue weighted by atomic mass is 35.5. The van der Waals surface area contributed by atoms with Gasteiger partial charge in [-0.05, 0) is 31.0 Å². The zero-order chi connectivity index (χ0) is 16.6. The van der Waals surface area contributed by atoms with Crippen LogP contribution in [0.1, 0.15) is 26.7 Å². The molecule has 2 amide bonds. The molecule has 2 aliphatic heterocycles. The first-order valence-corrected chi connectivity index (χ1v) is 8.08. The highest BCUT2D eigenvalue weighted by molar-refractivity contribution is 6.30. The zero-order valence-corrected chi connectivity index (χ0v) is 13.9. The lowest BCUT2D eigenvalue weighted by Crippen LogP contribution is -2.67. The van der Waals surface area contributed by atoms with Gasteiger partial charge in [-0.2, -0.15) is 0 Å². The van der Waals surface area contributed by atoms with E-state index in [2.05, 4.69) is 10.3 Å². The molecule has 2 aliphatic rings. The molecule has 1 N–H and O–H groups in total. The van der Waals surface area contributed by atoms with E-state index in [1.165, 1.54) is 0 Å². The number of carbonyl (C=O) groups is 2. The minimum Gasteiger partial charge on any atom is -0.334 e. The van der Waals surface area contributed by atoms with Gasteiger partial charge in [-0.15, -0.1) is 0 Å². The van der Waals surface area contributed by atoms with Crippen molar-refractivity contribution in [2.75, 3.05) is 18.2 Å². The maximum atomic E-state index is 12.9. The largest absolute Gasteiger partial charge is 0.334 e. The van der Waals surface area contributed by atoms with Crippen LogP contribution in [0, 0.1) is 5.41 Å². The van der Waals surface area contributed by atoms with E-state index in [1.54, 1.807) is 11.0 Å². The summed E-state index contributed by atoms with van der Waals surface area (Å²) in [5.41, 5.74) is -0.111. The summed E-state index contributed by atoms with van der Waals surface area (Å²) >= 11 is 6.04. The first-order chi connectivity index (χ1) is 11.0. The number of guanidine groups is 1. The van der Waals surface area contributed by atoms with Gasteiger partial charge >= 0.3 is 0 Å². The predicted octanol–water partition coefficient (Wildman–Crippen LogP) is 2.20. The van der Waals surface area contributed by atoms with Gasteiger partial charge in [0.15, 0.2) is 0 Å².